The monoisotopic (exact) mass is 352 g/mol. The van der Waals surface area contributed by atoms with E-state index < -0.39 is 0 Å². The van der Waals surface area contributed by atoms with Crippen molar-refractivity contribution in [2.75, 3.05) is 11.5 Å². The van der Waals surface area contributed by atoms with Gasteiger partial charge in [0.05, 0.1) is 0 Å². The first-order valence-corrected chi connectivity index (χ1v) is 10.1. The molecule has 4 N–H and O–H groups in total. The van der Waals surface area contributed by atoms with Gasteiger partial charge in [0.2, 0.25) is 0 Å². The van der Waals surface area contributed by atoms with Crippen molar-refractivity contribution < 1.29 is 0 Å². The minimum absolute atomic E-state index is 0.361. The van der Waals surface area contributed by atoms with Gasteiger partial charge in [-0.15, -0.1) is 0 Å². The number of benzene rings is 2. The second kappa shape index (κ2) is 8.62. The molecular weight excluding hydrogens is 316 g/mol. The quantitative estimate of drug-likeness (QED) is 0.586. The summed E-state index contributed by atoms with van der Waals surface area (Å²) in [7, 11) is 0. The van der Waals surface area contributed by atoms with E-state index in [-0.39, 0.29) is 0 Å². The summed E-state index contributed by atoms with van der Waals surface area (Å²) in [4.78, 5) is 0. The van der Waals surface area contributed by atoms with Gasteiger partial charge in [-0.2, -0.15) is 0 Å². The van der Waals surface area contributed by atoms with Crippen molar-refractivity contribution in [1.29, 1.82) is 0 Å². The van der Waals surface area contributed by atoms with E-state index in [1.165, 1.54) is 33.4 Å². The van der Waals surface area contributed by atoms with Crippen LogP contribution in [0.4, 0.5) is 11.4 Å². The van der Waals surface area contributed by atoms with E-state index in [9.17, 15) is 0 Å². The summed E-state index contributed by atoms with van der Waals surface area (Å²) in [6.45, 7) is 13.3. The maximum atomic E-state index is 6.34. The van der Waals surface area contributed by atoms with Gasteiger partial charge in [-0.1, -0.05) is 64.8 Å². The van der Waals surface area contributed by atoms with Crippen LogP contribution in [0.2, 0.25) is 0 Å². The predicted octanol–water partition coefficient (Wildman–Crippen LogP) is 6.16. The summed E-state index contributed by atoms with van der Waals surface area (Å²) >= 11 is 0. The fourth-order valence-electron chi connectivity index (χ4n) is 4.08. The molecule has 0 radical (unpaired) electrons. The highest BCUT2D eigenvalue weighted by molar-refractivity contribution is 5.59. The largest absolute Gasteiger partial charge is 0.398 e. The highest BCUT2D eigenvalue weighted by atomic mass is 14.6. The highest BCUT2D eigenvalue weighted by Crippen LogP contribution is 2.37. The van der Waals surface area contributed by atoms with E-state index >= 15 is 0 Å². The Hall–Kier alpha value is -1.96. The van der Waals surface area contributed by atoms with Crippen LogP contribution < -0.4 is 11.5 Å². The minimum Gasteiger partial charge on any atom is -0.398 e. The average Bonchev–Trinajstić information content (AvgIpc) is 2.57. The lowest BCUT2D eigenvalue weighted by Crippen LogP contribution is -2.12. The predicted molar refractivity (Wildman–Crippen MR) is 116 cm³/mol. The number of nitrogens with two attached hydrogens (primary N) is 2. The van der Waals surface area contributed by atoms with Gasteiger partial charge in [-0.05, 0) is 66.0 Å². The van der Waals surface area contributed by atoms with E-state index in [0.29, 0.717) is 11.8 Å². The number of hydrogen-bond acceptors (Lipinski definition) is 2. The smallest absolute Gasteiger partial charge is 0.0376 e. The van der Waals surface area contributed by atoms with Crippen LogP contribution in [-0.2, 0) is 12.8 Å². The molecule has 2 rings (SSSR count). The Labute approximate surface area is 160 Å². The maximum Gasteiger partial charge on any atom is 0.0376 e. The van der Waals surface area contributed by atoms with E-state index in [1.54, 1.807) is 0 Å². The maximum absolute atomic E-state index is 6.34. The molecule has 0 aromatic heterocycles. The van der Waals surface area contributed by atoms with E-state index in [4.69, 9.17) is 11.5 Å². The van der Waals surface area contributed by atoms with E-state index in [1.807, 2.05) is 0 Å². The summed E-state index contributed by atoms with van der Waals surface area (Å²) < 4.78 is 0. The molecule has 0 fully saturated rings. The molecule has 0 heterocycles. The summed E-state index contributed by atoms with van der Waals surface area (Å²) in [5.41, 5.74) is 22.3. The van der Waals surface area contributed by atoms with Gasteiger partial charge in [0.1, 0.15) is 0 Å². The Morgan fingerprint density at radius 3 is 1.42 bits per heavy atom. The van der Waals surface area contributed by atoms with Crippen molar-refractivity contribution in [2.45, 2.75) is 73.1 Å². The molecule has 0 amide bonds. The van der Waals surface area contributed by atoms with Crippen molar-refractivity contribution in [2.24, 2.45) is 5.92 Å². The van der Waals surface area contributed by atoms with E-state index in [0.717, 1.165) is 37.1 Å². The fraction of sp³-hybridized carbons (Fsp3) is 0.500. The van der Waals surface area contributed by atoms with Gasteiger partial charge < -0.3 is 11.5 Å². The fourth-order valence-corrected chi connectivity index (χ4v) is 4.08. The Morgan fingerprint density at radius 2 is 1.12 bits per heavy atom. The molecule has 0 atom stereocenters. The van der Waals surface area contributed by atoms with Crippen LogP contribution in [0.5, 0.6) is 0 Å². The molecule has 142 valence electrons. The standard InChI is InChI=1S/C24H36N2/c1-7-9-18-13-20(11-16(5)23(18)25)22(15(3)4)21-12-17(6)24(26)19(14-21)10-8-2/h11-15,22H,7-10,25-26H2,1-6H3. The number of nitrogen functional groups attached to an aromatic ring is 2. The summed E-state index contributed by atoms with van der Waals surface area (Å²) in [5.74, 6) is 0.866. The molecule has 2 nitrogen and oxygen atoms in total. The Kier molecular flexibility index (Phi) is 6.75. The third kappa shape index (κ3) is 4.23. The molecule has 2 heteroatoms. The average molecular weight is 353 g/mol. The molecule has 0 spiro atoms. The van der Waals surface area contributed by atoms with Gasteiger partial charge in [0, 0.05) is 17.3 Å². The van der Waals surface area contributed by atoms with Crippen LogP contribution in [0.3, 0.4) is 0 Å². The molecule has 2 aromatic rings. The molecule has 0 saturated heterocycles. The molecule has 0 aliphatic rings. The normalized spacial score (nSPS) is 11.5. The van der Waals surface area contributed by atoms with Gasteiger partial charge in [-0.25, -0.2) is 0 Å². The zero-order valence-electron chi connectivity index (χ0n) is 17.4. The Bertz CT molecular complexity index is 698. The zero-order chi connectivity index (χ0) is 19.4. The van der Waals surface area contributed by atoms with Crippen molar-refractivity contribution in [1.82, 2.24) is 0 Å². The number of anilines is 2. The van der Waals surface area contributed by atoms with Crippen molar-refractivity contribution in [3.63, 3.8) is 0 Å². The first-order chi connectivity index (χ1) is 12.3. The van der Waals surface area contributed by atoms with Crippen molar-refractivity contribution >= 4 is 11.4 Å². The zero-order valence-corrected chi connectivity index (χ0v) is 17.4. The van der Waals surface area contributed by atoms with Gasteiger partial charge >= 0.3 is 0 Å². The summed E-state index contributed by atoms with van der Waals surface area (Å²) in [6, 6.07) is 9.23. The Balaban J connectivity index is 2.60. The molecule has 0 unspecified atom stereocenters. The van der Waals surface area contributed by atoms with Gasteiger partial charge in [0.15, 0.2) is 0 Å². The van der Waals surface area contributed by atoms with Crippen LogP contribution in [-0.4, -0.2) is 0 Å². The minimum atomic E-state index is 0.361. The van der Waals surface area contributed by atoms with Crippen LogP contribution in [0.1, 0.15) is 79.8 Å². The lowest BCUT2D eigenvalue weighted by molar-refractivity contribution is 0.562. The molecule has 0 aliphatic carbocycles. The number of rotatable bonds is 7. The van der Waals surface area contributed by atoms with Crippen LogP contribution >= 0.6 is 0 Å². The molecule has 0 aliphatic heterocycles. The summed E-state index contributed by atoms with van der Waals surface area (Å²) in [5, 5.41) is 0. The highest BCUT2D eigenvalue weighted by Gasteiger charge is 2.21. The van der Waals surface area contributed by atoms with Gasteiger partial charge in [-0.3, -0.25) is 0 Å². The topological polar surface area (TPSA) is 52.0 Å². The molecule has 26 heavy (non-hydrogen) atoms. The molecule has 0 bridgehead atoms. The first-order valence-electron chi connectivity index (χ1n) is 10.1. The second-order valence-electron chi connectivity index (χ2n) is 8.04. The first kappa shape index (κ1) is 20.4. The number of hydrogen-bond donors (Lipinski definition) is 2. The summed E-state index contributed by atoms with van der Waals surface area (Å²) in [6.07, 6.45) is 4.29. The number of aryl methyl sites for hydroxylation is 4. The molecular formula is C24H36N2. The van der Waals surface area contributed by atoms with Crippen LogP contribution in [0, 0.1) is 19.8 Å². The second-order valence-corrected chi connectivity index (χ2v) is 8.04. The Morgan fingerprint density at radius 1 is 0.731 bits per heavy atom. The van der Waals surface area contributed by atoms with Crippen LogP contribution in [0.25, 0.3) is 0 Å². The van der Waals surface area contributed by atoms with Crippen LogP contribution in [0.15, 0.2) is 24.3 Å². The lowest BCUT2D eigenvalue weighted by atomic mass is 9.79. The molecule has 0 saturated carbocycles. The van der Waals surface area contributed by atoms with E-state index in [2.05, 4.69) is 65.8 Å². The van der Waals surface area contributed by atoms with Crippen molar-refractivity contribution in [3.8, 4) is 0 Å². The third-order valence-corrected chi connectivity index (χ3v) is 5.41. The molecule has 2 aromatic carbocycles. The van der Waals surface area contributed by atoms with Gasteiger partial charge in [0.25, 0.3) is 0 Å². The third-order valence-electron chi connectivity index (χ3n) is 5.41. The SMILES string of the molecule is CCCc1cc(C(c2cc(C)c(N)c(CCC)c2)C(C)C)cc(C)c1N. The van der Waals surface area contributed by atoms with Crippen molar-refractivity contribution in [3.05, 3.63) is 57.6 Å². The lowest BCUT2D eigenvalue weighted by Gasteiger charge is -2.26.